The first-order valence-corrected chi connectivity index (χ1v) is 11.3. The molecular weight excluding hydrogens is 462 g/mol. The number of nitrogen functional groups attached to an aromatic ring is 1. The number of carbonyl (C=O) groups excluding carboxylic acids is 2. The molecule has 0 bridgehead atoms. The van der Waals surface area contributed by atoms with Gasteiger partial charge in [0.15, 0.2) is 10.9 Å². The van der Waals surface area contributed by atoms with Gasteiger partial charge in [-0.2, -0.15) is 21.1 Å². The van der Waals surface area contributed by atoms with Gasteiger partial charge in [0.1, 0.15) is 6.04 Å². The molecule has 3 rings (SSSR count). The van der Waals surface area contributed by atoms with E-state index >= 15 is 0 Å². The maximum Gasteiger partial charge on any atom is 0.350 e. The van der Waals surface area contributed by atoms with E-state index in [0.717, 1.165) is 11.5 Å². The van der Waals surface area contributed by atoms with E-state index in [2.05, 4.69) is 19.8 Å². The zero-order valence-corrected chi connectivity index (χ0v) is 19.0. The lowest BCUT2D eigenvalue weighted by molar-refractivity contribution is -0.161. The van der Waals surface area contributed by atoms with Gasteiger partial charge in [0, 0.05) is 28.1 Å². The Labute approximate surface area is 190 Å². The van der Waals surface area contributed by atoms with Crippen LogP contribution < -0.4 is 11.1 Å². The monoisotopic (exact) mass is 483 g/mol. The van der Waals surface area contributed by atoms with Crippen LogP contribution in [-0.4, -0.2) is 71.6 Å². The number of nitrogens with one attached hydrogen (secondary N) is 1. The van der Waals surface area contributed by atoms with E-state index < -0.39 is 52.2 Å². The Morgan fingerprint density at radius 1 is 1.34 bits per heavy atom. The van der Waals surface area contributed by atoms with Gasteiger partial charge in [-0.25, -0.2) is 9.59 Å². The van der Waals surface area contributed by atoms with Crippen LogP contribution in [0.2, 0.25) is 0 Å². The van der Waals surface area contributed by atoms with Gasteiger partial charge in [-0.05, 0) is 25.8 Å². The molecule has 14 heteroatoms. The maximum atomic E-state index is 12.9. The molecule has 172 valence electrons. The average Bonchev–Trinajstić information content (AvgIpc) is 3.16. The van der Waals surface area contributed by atoms with Crippen molar-refractivity contribution in [2.75, 3.05) is 11.5 Å². The number of thioether (sulfide) groups is 1. The van der Waals surface area contributed by atoms with Gasteiger partial charge < -0.3 is 26.1 Å². The first-order chi connectivity index (χ1) is 15.0. The van der Waals surface area contributed by atoms with Crippen LogP contribution in [0.15, 0.2) is 16.3 Å². The third-order valence-corrected chi connectivity index (χ3v) is 7.09. The molecule has 1 aromatic heterocycles. The molecular formula is C18H21N5O7S2. The van der Waals surface area contributed by atoms with E-state index in [9.17, 15) is 29.4 Å². The lowest BCUT2D eigenvalue weighted by Crippen LogP contribution is -2.65. The van der Waals surface area contributed by atoms with Crippen LogP contribution in [0.3, 0.4) is 0 Å². The number of fused-ring (bicyclic) bond motifs is 1. The Balaban J connectivity index is 1.83. The predicted molar refractivity (Wildman–Crippen MR) is 115 cm³/mol. The molecule has 1 saturated carbocycles. The summed E-state index contributed by atoms with van der Waals surface area (Å²) in [6, 6.07) is -0.945. The van der Waals surface area contributed by atoms with Crippen molar-refractivity contribution in [2.24, 2.45) is 11.1 Å². The molecule has 1 amide bonds. The average molecular weight is 484 g/mol. The second kappa shape index (κ2) is 8.86. The number of rotatable bonds is 8. The number of ketones is 1. The third-order valence-electron chi connectivity index (χ3n) is 5.10. The normalized spacial score (nSPS) is 23.3. The second-order valence-electron chi connectivity index (χ2n) is 7.59. The van der Waals surface area contributed by atoms with Crippen molar-refractivity contribution in [3.8, 4) is 0 Å². The Hall–Kier alpha value is -3.00. The summed E-state index contributed by atoms with van der Waals surface area (Å²) in [5.74, 6) is -4.29. The van der Waals surface area contributed by atoms with Crippen LogP contribution in [0.1, 0.15) is 33.0 Å². The van der Waals surface area contributed by atoms with E-state index in [1.165, 1.54) is 25.6 Å². The first-order valence-electron chi connectivity index (χ1n) is 9.48. The maximum absolute atomic E-state index is 12.9. The third kappa shape index (κ3) is 4.32. The number of nitrogens with two attached hydrogens (primary N) is 1. The van der Waals surface area contributed by atoms with Crippen LogP contribution in [0.4, 0.5) is 5.13 Å². The predicted octanol–water partition coefficient (Wildman–Crippen LogP) is 0.295. The van der Waals surface area contributed by atoms with Gasteiger partial charge in [0.05, 0.1) is 5.92 Å². The minimum absolute atomic E-state index is 0.0453. The highest BCUT2D eigenvalue weighted by Crippen LogP contribution is 2.46. The molecule has 1 aliphatic heterocycles. The Morgan fingerprint density at radius 2 is 2.03 bits per heavy atom. The molecule has 2 heterocycles. The molecule has 1 fully saturated rings. The molecule has 0 spiro atoms. The molecule has 32 heavy (non-hydrogen) atoms. The van der Waals surface area contributed by atoms with Crippen molar-refractivity contribution in [1.29, 1.82) is 0 Å². The number of aliphatic carboxylic acids is 2. The van der Waals surface area contributed by atoms with Crippen LogP contribution in [-0.2, 0) is 24.0 Å². The van der Waals surface area contributed by atoms with Crippen molar-refractivity contribution < 1.29 is 34.2 Å². The quantitative estimate of drug-likeness (QED) is 0.293. The number of carboxylic acids is 2. The van der Waals surface area contributed by atoms with Gasteiger partial charge in [-0.3, -0.25) is 9.59 Å². The number of nitrogens with zero attached hydrogens (tertiary/aromatic N) is 3. The lowest BCUT2D eigenvalue weighted by atomic mass is 9.71. The van der Waals surface area contributed by atoms with E-state index in [4.69, 9.17) is 10.6 Å². The molecule has 2 aliphatic rings. The fourth-order valence-corrected chi connectivity index (χ4v) is 5.28. The number of aromatic nitrogens is 2. The molecule has 2 unspecified atom stereocenters. The molecule has 5 N–H and O–H groups in total. The van der Waals surface area contributed by atoms with Crippen LogP contribution >= 0.6 is 23.3 Å². The largest absolute Gasteiger partial charge is 0.478 e. The van der Waals surface area contributed by atoms with E-state index in [1.54, 1.807) is 0 Å². The minimum Gasteiger partial charge on any atom is -0.478 e. The van der Waals surface area contributed by atoms with Crippen molar-refractivity contribution in [2.45, 2.75) is 44.1 Å². The van der Waals surface area contributed by atoms with E-state index in [-0.39, 0.29) is 16.5 Å². The van der Waals surface area contributed by atoms with Crippen molar-refractivity contribution >= 4 is 57.8 Å². The lowest BCUT2D eigenvalue weighted by Gasteiger charge is -2.46. The molecule has 3 atom stereocenters. The van der Waals surface area contributed by atoms with Crippen LogP contribution in [0.25, 0.3) is 0 Å². The smallest absolute Gasteiger partial charge is 0.350 e. The van der Waals surface area contributed by atoms with Gasteiger partial charge >= 0.3 is 11.9 Å². The van der Waals surface area contributed by atoms with Gasteiger partial charge in [-0.15, -0.1) is 0 Å². The molecule has 0 radical (unpaired) electrons. The molecule has 1 aliphatic carbocycles. The first kappa shape index (κ1) is 23.7. The van der Waals surface area contributed by atoms with Crippen molar-refractivity contribution in [3.63, 3.8) is 0 Å². The number of hydrogen-bond donors (Lipinski definition) is 4. The minimum atomic E-state index is -1.75. The molecule has 12 nitrogen and oxygen atoms in total. The molecule has 1 aromatic rings. The van der Waals surface area contributed by atoms with Crippen LogP contribution in [0.5, 0.6) is 0 Å². The summed E-state index contributed by atoms with van der Waals surface area (Å²) in [6.07, 6.45) is 0.520. The highest BCUT2D eigenvalue weighted by atomic mass is 32.2. The number of oxime groups is 1. The fourth-order valence-electron chi connectivity index (χ4n) is 3.24. The van der Waals surface area contributed by atoms with Gasteiger partial charge in [0.25, 0.3) is 5.91 Å². The van der Waals surface area contributed by atoms with Gasteiger partial charge in [-0.1, -0.05) is 12.1 Å². The number of amides is 1. The Bertz CT molecular complexity index is 1050. The summed E-state index contributed by atoms with van der Waals surface area (Å²) in [7, 11) is 0. The zero-order chi connectivity index (χ0) is 23.8. The number of carboxylic acid groups (broad SMARTS) is 2. The number of anilines is 1. The summed E-state index contributed by atoms with van der Waals surface area (Å²) < 4.78 is 3.90. The van der Waals surface area contributed by atoms with Gasteiger partial charge in [0.2, 0.25) is 17.1 Å². The molecule has 0 saturated heterocycles. The Kier molecular flexibility index (Phi) is 6.55. The summed E-state index contributed by atoms with van der Waals surface area (Å²) in [4.78, 5) is 57.5. The fraction of sp³-hybridized carbons (Fsp3) is 0.500. The summed E-state index contributed by atoms with van der Waals surface area (Å²) in [5.41, 5.74) is 4.17. The summed E-state index contributed by atoms with van der Waals surface area (Å²) in [5, 5.41) is 24.5. The number of carbonyl (C=O) groups is 4. The van der Waals surface area contributed by atoms with E-state index in [1.807, 2.05) is 6.92 Å². The van der Waals surface area contributed by atoms with Crippen molar-refractivity contribution in [1.82, 2.24) is 14.7 Å². The topological polar surface area (TPSA) is 194 Å². The summed E-state index contributed by atoms with van der Waals surface area (Å²) in [6.45, 7) is 4.30. The van der Waals surface area contributed by atoms with Crippen LogP contribution in [0, 0.1) is 5.92 Å². The molecule has 0 aromatic carbocycles. The number of hydrogen-bond acceptors (Lipinski definition) is 11. The number of Topliss-reactive ketones (excluding diaryl/α,β-unsaturated/α-hetero) is 1. The van der Waals surface area contributed by atoms with Crippen molar-refractivity contribution in [3.05, 3.63) is 17.0 Å². The Morgan fingerprint density at radius 3 is 2.56 bits per heavy atom. The standard InChI is InChI=1S/C18H21N5O7S2/c1-4-6-5-31-12-8(7(6)15(26)27)11(24)9(12)20-14(25)10(13-21-17(19)32-23-13)22-30-18(2,3)16(28)29/h8-9,12H,4-5H2,1-3H3,(H,20,25)(H,26,27)(H,28,29)(H2,19,21,23)/b22-10-/t8?,9?,12-/m0/s1. The highest BCUT2D eigenvalue weighted by molar-refractivity contribution is 8.00. The second-order valence-corrected chi connectivity index (χ2v) is 9.54. The zero-order valence-electron chi connectivity index (χ0n) is 17.3. The SMILES string of the molecule is CCC1=C(C(=O)O)C2C(=O)C(NC(=O)/C(=N\OC(C)(C)C(=O)O)c3nsc(N)n3)[C@H]2SC1. The van der Waals surface area contributed by atoms with E-state index in [0.29, 0.717) is 17.7 Å². The summed E-state index contributed by atoms with van der Waals surface area (Å²) >= 11 is 2.19. The highest BCUT2D eigenvalue weighted by Gasteiger charge is 2.56.